The largest absolute Gasteiger partial charge is 0.381 e. The van der Waals surface area contributed by atoms with Crippen LogP contribution in [0.5, 0.6) is 0 Å². The zero-order valence-electron chi connectivity index (χ0n) is 13.6. The van der Waals surface area contributed by atoms with Crippen LogP contribution in [0.15, 0.2) is 0 Å². The van der Waals surface area contributed by atoms with Crippen molar-refractivity contribution in [2.75, 3.05) is 7.11 Å². The third-order valence-corrected chi connectivity index (χ3v) is 6.30. The van der Waals surface area contributed by atoms with Gasteiger partial charge in [0.1, 0.15) is 5.01 Å². The van der Waals surface area contributed by atoms with Crippen molar-refractivity contribution >= 4 is 11.3 Å². The highest BCUT2D eigenvalue weighted by Crippen LogP contribution is 2.42. The molecule has 1 fully saturated rings. The predicted octanol–water partition coefficient (Wildman–Crippen LogP) is 3.80. The van der Waals surface area contributed by atoms with Crippen molar-refractivity contribution in [1.82, 2.24) is 10.3 Å². The summed E-state index contributed by atoms with van der Waals surface area (Å²) in [7, 11) is 1.84. The molecule has 1 heterocycles. The summed E-state index contributed by atoms with van der Waals surface area (Å²) in [5.41, 5.74) is 1.48. The molecule has 0 aromatic carbocycles. The molecule has 0 bridgehead atoms. The first kappa shape index (κ1) is 15.4. The Morgan fingerprint density at radius 3 is 2.57 bits per heavy atom. The first-order chi connectivity index (χ1) is 10.1. The van der Waals surface area contributed by atoms with Crippen LogP contribution in [0.1, 0.15) is 68.0 Å². The Bertz CT molecular complexity index is 452. The van der Waals surface area contributed by atoms with E-state index in [0.717, 1.165) is 25.7 Å². The number of thiazole rings is 1. The SMILES string of the molecule is COC1CCC(NC(C)C)(c2nc3c(s2)CCCC3)CC1. The summed E-state index contributed by atoms with van der Waals surface area (Å²) in [6, 6.07) is 0.491. The molecule has 0 aliphatic heterocycles. The number of fused-ring (bicyclic) bond motifs is 1. The molecule has 0 radical (unpaired) electrons. The highest BCUT2D eigenvalue weighted by atomic mass is 32.1. The Morgan fingerprint density at radius 1 is 1.24 bits per heavy atom. The van der Waals surface area contributed by atoms with Crippen LogP contribution >= 0.6 is 11.3 Å². The number of hydrogen-bond acceptors (Lipinski definition) is 4. The number of ether oxygens (including phenoxy) is 1. The van der Waals surface area contributed by atoms with E-state index in [2.05, 4.69) is 19.2 Å². The molecule has 3 nitrogen and oxygen atoms in total. The molecule has 3 rings (SSSR count). The summed E-state index contributed by atoms with van der Waals surface area (Å²) in [6.07, 6.45) is 10.1. The zero-order chi connectivity index (χ0) is 14.9. The van der Waals surface area contributed by atoms with E-state index in [1.54, 1.807) is 4.88 Å². The van der Waals surface area contributed by atoms with Crippen LogP contribution in [0.4, 0.5) is 0 Å². The van der Waals surface area contributed by atoms with E-state index >= 15 is 0 Å². The van der Waals surface area contributed by atoms with Crippen LogP contribution in [-0.4, -0.2) is 24.2 Å². The van der Waals surface area contributed by atoms with Gasteiger partial charge in [-0.3, -0.25) is 0 Å². The van der Waals surface area contributed by atoms with E-state index in [0.29, 0.717) is 12.1 Å². The van der Waals surface area contributed by atoms with Gasteiger partial charge in [0, 0.05) is 18.0 Å². The van der Waals surface area contributed by atoms with Crippen molar-refractivity contribution in [3.05, 3.63) is 15.6 Å². The van der Waals surface area contributed by atoms with E-state index in [9.17, 15) is 0 Å². The molecule has 0 saturated heterocycles. The second kappa shape index (κ2) is 6.35. The highest BCUT2D eigenvalue weighted by Gasteiger charge is 2.40. The van der Waals surface area contributed by atoms with Crippen molar-refractivity contribution < 1.29 is 4.74 Å². The Labute approximate surface area is 132 Å². The van der Waals surface area contributed by atoms with Gasteiger partial charge in [-0.2, -0.15) is 0 Å². The van der Waals surface area contributed by atoms with Crippen LogP contribution in [0.3, 0.4) is 0 Å². The van der Waals surface area contributed by atoms with Crippen LogP contribution in [-0.2, 0) is 23.1 Å². The Kier molecular flexibility index (Phi) is 4.67. The van der Waals surface area contributed by atoms with Crippen LogP contribution in [0.25, 0.3) is 0 Å². The number of aryl methyl sites for hydroxylation is 2. The normalized spacial score (nSPS) is 29.6. The lowest BCUT2D eigenvalue weighted by Gasteiger charge is -2.40. The lowest BCUT2D eigenvalue weighted by Crippen LogP contribution is -2.49. The van der Waals surface area contributed by atoms with Gasteiger partial charge in [0.2, 0.25) is 0 Å². The van der Waals surface area contributed by atoms with Gasteiger partial charge in [-0.1, -0.05) is 0 Å². The molecule has 0 atom stereocenters. The molecule has 4 heteroatoms. The first-order valence-corrected chi connectivity index (χ1v) is 9.24. The molecule has 2 aliphatic rings. The molecule has 21 heavy (non-hydrogen) atoms. The number of hydrogen-bond donors (Lipinski definition) is 1. The Hall–Kier alpha value is -0.450. The van der Waals surface area contributed by atoms with E-state index in [1.807, 2.05) is 18.4 Å². The molecule has 1 saturated carbocycles. The summed E-state index contributed by atoms with van der Waals surface area (Å²) in [5, 5.41) is 5.20. The van der Waals surface area contributed by atoms with Gasteiger partial charge in [-0.25, -0.2) is 4.98 Å². The van der Waals surface area contributed by atoms with Crippen molar-refractivity contribution in [1.29, 1.82) is 0 Å². The number of nitrogens with zero attached hydrogens (tertiary/aromatic N) is 1. The minimum atomic E-state index is 0.0885. The Morgan fingerprint density at radius 2 is 1.95 bits per heavy atom. The molecule has 0 spiro atoms. The second-order valence-corrected chi connectivity index (χ2v) is 8.00. The summed E-state index contributed by atoms with van der Waals surface area (Å²) in [4.78, 5) is 6.62. The molecule has 0 unspecified atom stereocenters. The van der Waals surface area contributed by atoms with Gasteiger partial charge in [-0.15, -0.1) is 11.3 Å². The number of nitrogens with one attached hydrogen (secondary N) is 1. The van der Waals surface area contributed by atoms with Crippen molar-refractivity contribution in [2.45, 2.75) is 82.9 Å². The van der Waals surface area contributed by atoms with Gasteiger partial charge in [0.25, 0.3) is 0 Å². The summed E-state index contributed by atoms with van der Waals surface area (Å²) in [5.74, 6) is 0. The van der Waals surface area contributed by atoms with Crippen LogP contribution in [0, 0.1) is 0 Å². The fourth-order valence-corrected chi connectivity index (χ4v) is 5.21. The van der Waals surface area contributed by atoms with Crippen molar-refractivity contribution in [3.63, 3.8) is 0 Å². The predicted molar refractivity (Wildman–Crippen MR) is 88.0 cm³/mol. The number of aromatic nitrogens is 1. The third kappa shape index (κ3) is 3.17. The zero-order valence-corrected chi connectivity index (χ0v) is 14.4. The lowest BCUT2D eigenvalue weighted by atomic mass is 9.80. The number of methoxy groups -OCH3 is 1. The van der Waals surface area contributed by atoms with Gasteiger partial charge >= 0.3 is 0 Å². The first-order valence-electron chi connectivity index (χ1n) is 8.42. The summed E-state index contributed by atoms with van der Waals surface area (Å²) >= 11 is 1.98. The number of rotatable bonds is 4. The molecule has 1 aromatic rings. The van der Waals surface area contributed by atoms with Gasteiger partial charge in [0.15, 0.2) is 0 Å². The molecular formula is C17H28N2OS. The van der Waals surface area contributed by atoms with Crippen LogP contribution in [0.2, 0.25) is 0 Å². The van der Waals surface area contributed by atoms with Gasteiger partial charge in [-0.05, 0) is 65.2 Å². The maximum Gasteiger partial charge on any atom is 0.113 e. The van der Waals surface area contributed by atoms with E-state index in [4.69, 9.17) is 9.72 Å². The molecular weight excluding hydrogens is 280 g/mol. The average molecular weight is 308 g/mol. The Balaban J connectivity index is 1.87. The third-order valence-electron chi connectivity index (χ3n) is 4.94. The molecule has 1 N–H and O–H groups in total. The molecule has 2 aliphatic carbocycles. The fourth-order valence-electron chi connectivity index (χ4n) is 3.85. The summed E-state index contributed by atoms with van der Waals surface area (Å²) in [6.45, 7) is 4.50. The van der Waals surface area contributed by atoms with E-state index < -0.39 is 0 Å². The smallest absolute Gasteiger partial charge is 0.113 e. The second-order valence-electron chi connectivity index (χ2n) is 6.91. The lowest BCUT2D eigenvalue weighted by molar-refractivity contribution is 0.0381. The van der Waals surface area contributed by atoms with E-state index in [1.165, 1.54) is 36.4 Å². The van der Waals surface area contributed by atoms with Crippen molar-refractivity contribution in [3.8, 4) is 0 Å². The minimum Gasteiger partial charge on any atom is -0.381 e. The highest BCUT2D eigenvalue weighted by molar-refractivity contribution is 7.11. The maximum atomic E-state index is 5.56. The maximum absolute atomic E-state index is 5.56. The topological polar surface area (TPSA) is 34.1 Å². The van der Waals surface area contributed by atoms with E-state index in [-0.39, 0.29) is 5.54 Å². The van der Waals surface area contributed by atoms with Gasteiger partial charge < -0.3 is 10.1 Å². The molecule has 1 aromatic heterocycles. The van der Waals surface area contributed by atoms with Gasteiger partial charge in [0.05, 0.1) is 17.3 Å². The summed E-state index contributed by atoms with van der Waals surface area (Å²) < 4.78 is 5.56. The monoisotopic (exact) mass is 308 g/mol. The van der Waals surface area contributed by atoms with Crippen LogP contribution < -0.4 is 5.32 Å². The molecule has 118 valence electrons. The standard InChI is InChI=1S/C17H28N2OS/c1-12(2)19-17(10-8-13(20-3)9-11-17)16-18-14-6-4-5-7-15(14)21-16/h12-13,19H,4-11H2,1-3H3. The fraction of sp³-hybridized carbons (Fsp3) is 0.824. The average Bonchev–Trinajstić information content (AvgIpc) is 2.92. The molecule has 0 amide bonds. The van der Waals surface area contributed by atoms with Crippen molar-refractivity contribution in [2.24, 2.45) is 0 Å². The quantitative estimate of drug-likeness (QED) is 0.918. The minimum absolute atomic E-state index is 0.0885.